The maximum absolute atomic E-state index is 6.45. The Morgan fingerprint density at radius 3 is 1.60 bits per heavy atom. The molecule has 4 aromatic carbocycles. The van der Waals surface area contributed by atoms with Crippen LogP contribution in [0.4, 0.5) is 0 Å². The van der Waals surface area contributed by atoms with Crippen molar-refractivity contribution in [3.63, 3.8) is 0 Å². The van der Waals surface area contributed by atoms with Crippen LogP contribution in [0.15, 0.2) is 138 Å². The molecule has 2 aliphatic heterocycles. The Bertz CT molecular complexity index is 1270. The third kappa shape index (κ3) is 4.43. The van der Waals surface area contributed by atoms with Gasteiger partial charge in [-0.15, -0.1) is 0 Å². The molecule has 172 valence electrons. The highest BCUT2D eigenvalue weighted by molar-refractivity contribution is 5.90. The van der Waals surface area contributed by atoms with Gasteiger partial charge in [-0.1, -0.05) is 121 Å². The van der Waals surface area contributed by atoms with Crippen LogP contribution >= 0.6 is 0 Å². The van der Waals surface area contributed by atoms with Gasteiger partial charge in [-0.3, -0.25) is 0 Å². The Morgan fingerprint density at radius 1 is 0.543 bits per heavy atom. The Balaban J connectivity index is 1.33. The van der Waals surface area contributed by atoms with E-state index in [0.29, 0.717) is 11.8 Å². The zero-order chi connectivity index (χ0) is 23.5. The number of hydrogen-bond donors (Lipinski definition) is 1. The Morgan fingerprint density at radius 2 is 1.03 bits per heavy atom. The molecule has 4 atom stereocenters. The van der Waals surface area contributed by atoms with Gasteiger partial charge in [0.25, 0.3) is 0 Å². The minimum Gasteiger partial charge on any atom is -0.468 e. The van der Waals surface area contributed by atoms with Crippen LogP contribution in [0, 0.1) is 0 Å². The predicted molar refractivity (Wildman–Crippen MR) is 138 cm³/mol. The number of rotatable bonds is 5. The maximum atomic E-state index is 6.45. The maximum Gasteiger partial charge on any atom is 0.215 e. The first-order chi connectivity index (χ1) is 17.3. The SMILES string of the molecule is C(/C1=N[C@H](c2ccccc2)[C@H](c2ccccc2)O1)=C1/N[C@H](c2ccccc2)[C@H](c2ccccc2)O1. The average Bonchev–Trinajstić information content (AvgIpc) is 3.56. The molecular formula is C31H26N2O2. The van der Waals surface area contributed by atoms with E-state index < -0.39 is 0 Å². The molecule has 0 aliphatic carbocycles. The quantitative estimate of drug-likeness (QED) is 0.356. The second-order valence-electron chi connectivity index (χ2n) is 8.76. The summed E-state index contributed by atoms with van der Waals surface area (Å²) >= 11 is 0. The van der Waals surface area contributed by atoms with Crippen molar-refractivity contribution in [3.05, 3.63) is 156 Å². The molecule has 2 heterocycles. The number of hydrogen-bond acceptors (Lipinski definition) is 4. The van der Waals surface area contributed by atoms with Crippen molar-refractivity contribution >= 4 is 5.90 Å². The van der Waals surface area contributed by atoms with E-state index >= 15 is 0 Å². The number of aliphatic imine (C=N–C) groups is 1. The first-order valence-electron chi connectivity index (χ1n) is 11.9. The summed E-state index contributed by atoms with van der Waals surface area (Å²) in [6.07, 6.45) is 1.54. The molecule has 0 unspecified atom stereocenters. The molecule has 1 fully saturated rings. The van der Waals surface area contributed by atoms with Crippen molar-refractivity contribution in [2.75, 3.05) is 0 Å². The lowest BCUT2D eigenvalue weighted by Crippen LogP contribution is -2.17. The van der Waals surface area contributed by atoms with Crippen LogP contribution < -0.4 is 5.32 Å². The lowest BCUT2D eigenvalue weighted by Gasteiger charge is -2.18. The van der Waals surface area contributed by atoms with Crippen molar-refractivity contribution in [3.8, 4) is 0 Å². The van der Waals surface area contributed by atoms with Gasteiger partial charge in [0, 0.05) is 0 Å². The molecule has 6 rings (SSSR count). The highest BCUT2D eigenvalue weighted by Gasteiger charge is 2.37. The molecule has 35 heavy (non-hydrogen) atoms. The molecule has 0 amide bonds. The zero-order valence-electron chi connectivity index (χ0n) is 19.2. The summed E-state index contributed by atoms with van der Waals surface area (Å²) in [5.74, 6) is 1.22. The van der Waals surface area contributed by atoms with Gasteiger partial charge < -0.3 is 14.8 Å². The summed E-state index contributed by atoms with van der Waals surface area (Å²) in [5.41, 5.74) is 4.52. The van der Waals surface area contributed by atoms with E-state index in [1.807, 2.05) is 66.7 Å². The number of benzene rings is 4. The van der Waals surface area contributed by atoms with Crippen molar-refractivity contribution in [1.82, 2.24) is 5.32 Å². The van der Waals surface area contributed by atoms with Crippen LogP contribution in [-0.4, -0.2) is 5.90 Å². The summed E-state index contributed by atoms with van der Waals surface area (Å²) in [6, 6.07) is 41.1. The van der Waals surface area contributed by atoms with E-state index in [2.05, 4.69) is 66.0 Å². The van der Waals surface area contributed by atoms with Gasteiger partial charge in [0.2, 0.25) is 5.90 Å². The lowest BCUT2D eigenvalue weighted by atomic mass is 9.97. The Labute approximate surface area is 205 Å². The fraction of sp³-hybridized carbons (Fsp3) is 0.129. The first-order valence-corrected chi connectivity index (χ1v) is 11.9. The Kier molecular flexibility index (Phi) is 5.77. The third-order valence-electron chi connectivity index (χ3n) is 6.47. The van der Waals surface area contributed by atoms with E-state index in [9.17, 15) is 0 Å². The van der Waals surface area contributed by atoms with Crippen LogP contribution in [0.5, 0.6) is 0 Å². The molecule has 0 spiro atoms. The van der Waals surface area contributed by atoms with E-state index in [1.54, 1.807) is 0 Å². The predicted octanol–water partition coefficient (Wildman–Crippen LogP) is 6.84. The molecule has 0 aromatic heterocycles. The molecule has 2 aliphatic rings. The molecule has 0 bridgehead atoms. The Hall–Kier alpha value is -4.31. The highest BCUT2D eigenvalue weighted by atomic mass is 16.5. The van der Waals surface area contributed by atoms with Crippen LogP contribution in [0.1, 0.15) is 46.5 Å². The summed E-state index contributed by atoms with van der Waals surface area (Å²) in [5, 5.41) is 3.57. The summed E-state index contributed by atoms with van der Waals surface area (Å²) < 4.78 is 12.9. The number of nitrogens with zero attached hydrogens (tertiary/aromatic N) is 1. The minimum atomic E-state index is -0.193. The van der Waals surface area contributed by atoms with Crippen molar-refractivity contribution < 1.29 is 9.47 Å². The van der Waals surface area contributed by atoms with Crippen LogP contribution in [0.25, 0.3) is 0 Å². The van der Waals surface area contributed by atoms with E-state index in [4.69, 9.17) is 14.5 Å². The van der Waals surface area contributed by atoms with Gasteiger partial charge in [0.1, 0.15) is 12.1 Å². The van der Waals surface area contributed by atoms with Crippen LogP contribution in [0.2, 0.25) is 0 Å². The van der Waals surface area contributed by atoms with Crippen LogP contribution in [0.3, 0.4) is 0 Å². The fourth-order valence-electron chi connectivity index (χ4n) is 4.77. The summed E-state index contributed by atoms with van der Waals surface area (Å²) in [7, 11) is 0. The summed E-state index contributed by atoms with van der Waals surface area (Å²) in [6.45, 7) is 0. The third-order valence-corrected chi connectivity index (χ3v) is 6.47. The number of nitrogens with one attached hydrogen (secondary N) is 1. The van der Waals surface area contributed by atoms with Gasteiger partial charge in [0.05, 0.1) is 12.1 Å². The molecule has 4 nitrogen and oxygen atoms in total. The largest absolute Gasteiger partial charge is 0.468 e. The van der Waals surface area contributed by atoms with Gasteiger partial charge in [-0.2, -0.15) is 0 Å². The smallest absolute Gasteiger partial charge is 0.215 e. The van der Waals surface area contributed by atoms with E-state index in [-0.39, 0.29) is 24.3 Å². The first kappa shape index (κ1) is 21.2. The second kappa shape index (κ2) is 9.51. The molecule has 1 N–H and O–H groups in total. The lowest BCUT2D eigenvalue weighted by molar-refractivity contribution is 0.150. The monoisotopic (exact) mass is 458 g/mol. The standard InChI is InChI=1S/C31H26N2O2/c1-5-13-22(14-6-1)28-30(24-17-9-3-10-18-24)34-26(32-28)21-27-33-29(23-15-7-2-8-16-23)31(35-27)25-19-11-4-12-20-25/h1-21,28-32H/b26-21+/t28-,29-,30+,31+/m1/s1. The highest BCUT2D eigenvalue weighted by Crippen LogP contribution is 2.42. The molecule has 4 aromatic rings. The fourth-order valence-corrected chi connectivity index (χ4v) is 4.77. The number of ether oxygens (including phenoxy) is 2. The second-order valence-corrected chi connectivity index (χ2v) is 8.76. The minimum absolute atomic E-state index is 0.0123. The molecule has 1 saturated heterocycles. The average molecular weight is 459 g/mol. The van der Waals surface area contributed by atoms with Gasteiger partial charge >= 0.3 is 0 Å². The van der Waals surface area contributed by atoms with Crippen molar-refractivity contribution in [1.29, 1.82) is 0 Å². The van der Waals surface area contributed by atoms with Crippen molar-refractivity contribution in [2.24, 2.45) is 4.99 Å². The van der Waals surface area contributed by atoms with Crippen LogP contribution in [-0.2, 0) is 9.47 Å². The van der Waals surface area contributed by atoms with E-state index in [1.165, 1.54) is 5.56 Å². The normalized spacial score (nSPS) is 24.3. The molecule has 4 heteroatoms. The van der Waals surface area contributed by atoms with E-state index in [0.717, 1.165) is 16.7 Å². The molecule has 0 saturated carbocycles. The summed E-state index contributed by atoms with van der Waals surface area (Å²) in [4.78, 5) is 4.97. The van der Waals surface area contributed by atoms with Gasteiger partial charge in [0.15, 0.2) is 12.0 Å². The van der Waals surface area contributed by atoms with Crippen molar-refractivity contribution in [2.45, 2.75) is 24.3 Å². The van der Waals surface area contributed by atoms with Gasteiger partial charge in [-0.05, 0) is 22.3 Å². The molecular weight excluding hydrogens is 432 g/mol. The van der Waals surface area contributed by atoms with Gasteiger partial charge in [-0.25, -0.2) is 4.99 Å². The topological polar surface area (TPSA) is 42.8 Å². The molecule has 0 radical (unpaired) electrons. The zero-order valence-corrected chi connectivity index (χ0v) is 19.2.